The molecule has 3 N–H and O–H groups in total. The molecule has 1 aromatic rings. The summed E-state index contributed by atoms with van der Waals surface area (Å²) in [6.07, 6.45) is 1.86. The molecular formula is C15H24ClN3O4S. The number of amides is 1. The predicted octanol–water partition coefficient (Wildman–Crippen LogP) is 0.596. The lowest BCUT2D eigenvalue weighted by molar-refractivity contribution is 0.0741. The molecule has 24 heavy (non-hydrogen) atoms. The number of rotatable bonds is 7. The lowest BCUT2D eigenvalue weighted by Crippen LogP contribution is -2.39. The summed E-state index contributed by atoms with van der Waals surface area (Å²) in [6, 6.07) is 6.03. The lowest BCUT2D eigenvalue weighted by atomic mass is 10.1. The Morgan fingerprint density at radius 2 is 2.04 bits per heavy atom. The second kappa shape index (κ2) is 9.33. The van der Waals surface area contributed by atoms with Crippen LogP contribution in [0.25, 0.3) is 0 Å². The number of nitrogens with two attached hydrogens (primary N) is 1. The molecule has 1 saturated heterocycles. The number of nitrogens with one attached hydrogen (secondary N) is 1. The fourth-order valence-corrected chi connectivity index (χ4v) is 3.67. The fourth-order valence-electron chi connectivity index (χ4n) is 2.65. The summed E-state index contributed by atoms with van der Waals surface area (Å²) in [6.45, 7) is 1.64. The Hall–Kier alpha value is -1.19. The molecule has 7 nitrogen and oxygen atoms in total. The molecule has 1 unspecified atom stereocenters. The molecule has 1 aromatic carbocycles. The maximum absolute atomic E-state index is 12.5. The predicted molar refractivity (Wildman–Crippen MR) is 93.9 cm³/mol. The highest BCUT2D eigenvalue weighted by Gasteiger charge is 2.28. The van der Waals surface area contributed by atoms with Crippen LogP contribution < -0.4 is 10.5 Å². The SMILES string of the molecule is COCCNS(=O)(=O)c1ccc(C(=O)N2CCCC2CN)cc1.Cl. The second-order valence-electron chi connectivity index (χ2n) is 5.45. The topological polar surface area (TPSA) is 102 Å². The maximum Gasteiger partial charge on any atom is 0.254 e. The quantitative estimate of drug-likeness (QED) is 0.677. The first-order valence-corrected chi connectivity index (χ1v) is 9.07. The van der Waals surface area contributed by atoms with Crippen LogP contribution in [0.1, 0.15) is 23.2 Å². The zero-order valence-electron chi connectivity index (χ0n) is 13.6. The number of carbonyl (C=O) groups excluding carboxylic acids is 1. The molecule has 1 heterocycles. The number of ether oxygens (including phenoxy) is 1. The summed E-state index contributed by atoms with van der Waals surface area (Å²) in [5.74, 6) is -0.103. The van der Waals surface area contributed by atoms with Crippen molar-refractivity contribution in [1.29, 1.82) is 0 Å². The summed E-state index contributed by atoms with van der Waals surface area (Å²) >= 11 is 0. The van der Waals surface area contributed by atoms with Crippen LogP contribution in [0.5, 0.6) is 0 Å². The van der Waals surface area contributed by atoms with Crippen molar-refractivity contribution in [2.24, 2.45) is 5.73 Å². The monoisotopic (exact) mass is 377 g/mol. The van der Waals surface area contributed by atoms with Crippen molar-refractivity contribution in [1.82, 2.24) is 9.62 Å². The van der Waals surface area contributed by atoms with Crippen molar-refractivity contribution in [3.8, 4) is 0 Å². The van der Waals surface area contributed by atoms with Crippen LogP contribution in [0.3, 0.4) is 0 Å². The van der Waals surface area contributed by atoms with Gasteiger partial charge in [0.1, 0.15) is 0 Å². The molecule has 9 heteroatoms. The molecule has 0 saturated carbocycles. The molecule has 1 amide bonds. The normalized spacial score (nSPS) is 17.6. The van der Waals surface area contributed by atoms with Gasteiger partial charge in [0, 0.05) is 38.3 Å². The van der Waals surface area contributed by atoms with Gasteiger partial charge in [0.2, 0.25) is 10.0 Å². The van der Waals surface area contributed by atoms with E-state index in [0.29, 0.717) is 25.3 Å². The second-order valence-corrected chi connectivity index (χ2v) is 7.21. The van der Waals surface area contributed by atoms with Crippen LogP contribution in [0.15, 0.2) is 29.2 Å². The molecule has 1 fully saturated rings. The van der Waals surface area contributed by atoms with Crippen molar-refractivity contribution in [3.05, 3.63) is 29.8 Å². The van der Waals surface area contributed by atoms with E-state index in [1.165, 1.54) is 19.2 Å². The van der Waals surface area contributed by atoms with Crippen LogP contribution in [-0.2, 0) is 14.8 Å². The Labute approximate surface area is 149 Å². The van der Waals surface area contributed by atoms with E-state index in [4.69, 9.17) is 10.5 Å². The van der Waals surface area contributed by atoms with E-state index in [0.717, 1.165) is 12.8 Å². The summed E-state index contributed by atoms with van der Waals surface area (Å²) in [5, 5.41) is 0. The maximum atomic E-state index is 12.5. The molecule has 1 aliphatic rings. The standard InChI is InChI=1S/C15H23N3O4S.ClH/c1-22-10-8-17-23(20,21)14-6-4-12(5-7-14)15(19)18-9-2-3-13(18)11-16;/h4-7,13,17H,2-3,8-11,16H2,1H3;1H. The highest BCUT2D eigenvalue weighted by Crippen LogP contribution is 2.20. The Balaban J connectivity index is 0.00000288. The summed E-state index contributed by atoms with van der Waals surface area (Å²) in [7, 11) is -2.08. The summed E-state index contributed by atoms with van der Waals surface area (Å²) in [4.78, 5) is 14.4. The van der Waals surface area contributed by atoms with Gasteiger partial charge in [-0.2, -0.15) is 0 Å². The van der Waals surface area contributed by atoms with Crippen molar-refractivity contribution in [3.63, 3.8) is 0 Å². The molecule has 136 valence electrons. The number of hydrogen-bond acceptors (Lipinski definition) is 5. The first-order valence-electron chi connectivity index (χ1n) is 7.59. The van der Waals surface area contributed by atoms with Gasteiger partial charge < -0.3 is 15.4 Å². The van der Waals surface area contributed by atoms with Gasteiger partial charge >= 0.3 is 0 Å². The van der Waals surface area contributed by atoms with E-state index < -0.39 is 10.0 Å². The molecule has 0 aromatic heterocycles. The van der Waals surface area contributed by atoms with Crippen LogP contribution in [-0.4, -0.2) is 58.6 Å². The molecule has 1 aliphatic heterocycles. The number of halogens is 1. The molecule has 1 atom stereocenters. The highest BCUT2D eigenvalue weighted by atomic mass is 35.5. The summed E-state index contributed by atoms with van der Waals surface area (Å²) in [5.41, 5.74) is 6.16. The zero-order valence-corrected chi connectivity index (χ0v) is 15.2. The van der Waals surface area contributed by atoms with Gasteiger partial charge in [-0.15, -0.1) is 12.4 Å². The minimum absolute atomic E-state index is 0. The Morgan fingerprint density at radius 3 is 2.62 bits per heavy atom. The van der Waals surface area contributed by atoms with Crippen molar-refractivity contribution >= 4 is 28.3 Å². The third kappa shape index (κ3) is 4.90. The number of carbonyl (C=O) groups is 1. The Morgan fingerprint density at radius 1 is 1.38 bits per heavy atom. The van der Waals surface area contributed by atoms with E-state index in [-0.39, 0.29) is 35.8 Å². The van der Waals surface area contributed by atoms with Crippen molar-refractivity contribution in [2.75, 3.05) is 33.4 Å². The number of benzene rings is 1. The minimum atomic E-state index is -3.58. The van der Waals surface area contributed by atoms with Gasteiger partial charge in [-0.1, -0.05) is 0 Å². The molecular weight excluding hydrogens is 354 g/mol. The van der Waals surface area contributed by atoms with Crippen LogP contribution in [0, 0.1) is 0 Å². The van der Waals surface area contributed by atoms with Gasteiger partial charge in [0.05, 0.1) is 11.5 Å². The average Bonchev–Trinajstić information content (AvgIpc) is 3.03. The zero-order chi connectivity index (χ0) is 16.9. The molecule has 0 radical (unpaired) electrons. The number of hydrogen-bond donors (Lipinski definition) is 2. The molecule has 2 rings (SSSR count). The number of sulfonamides is 1. The Kier molecular flexibility index (Phi) is 8.11. The van der Waals surface area contributed by atoms with E-state index in [2.05, 4.69) is 4.72 Å². The lowest BCUT2D eigenvalue weighted by Gasteiger charge is -2.23. The van der Waals surface area contributed by atoms with Gasteiger partial charge in [-0.25, -0.2) is 13.1 Å². The fraction of sp³-hybridized carbons (Fsp3) is 0.533. The summed E-state index contributed by atoms with van der Waals surface area (Å²) < 4.78 is 31.4. The van der Waals surface area contributed by atoms with Crippen molar-refractivity contribution in [2.45, 2.75) is 23.8 Å². The molecule has 0 bridgehead atoms. The molecule has 0 spiro atoms. The van der Waals surface area contributed by atoms with E-state index in [1.54, 1.807) is 17.0 Å². The van der Waals surface area contributed by atoms with Gasteiger partial charge in [-0.05, 0) is 37.1 Å². The Bertz CT molecular complexity index is 637. The van der Waals surface area contributed by atoms with Crippen LogP contribution in [0.4, 0.5) is 0 Å². The van der Waals surface area contributed by atoms with Crippen molar-refractivity contribution < 1.29 is 17.9 Å². The highest BCUT2D eigenvalue weighted by molar-refractivity contribution is 7.89. The van der Waals surface area contributed by atoms with E-state index >= 15 is 0 Å². The minimum Gasteiger partial charge on any atom is -0.383 e. The van der Waals surface area contributed by atoms with E-state index in [9.17, 15) is 13.2 Å². The smallest absolute Gasteiger partial charge is 0.254 e. The largest absolute Gasteiger partial charge is 0.383 e. The number of likely N-dealkylation sites (tertiary alicyclic amines) is 1. The van der Waals surface area contributed by atoms with Gasteiger partial charge in [0.25, 0.3) is 5.91 Å². The van der Waals surface area contributed by atoms with Crippen LogP contribution >= 0.6 is 12.4 Å². The number of methoxy groups -OCH3 is 1. The first-order chi connectivity index (χ1) is 11.0. The van der Waals surface area contributed by atoms with Gasteiger partial charge in [0.15, 0.2) is 0 Å². The van der Waals surface area contributed by atoms with E-state index in [1.807, 2.05) is 0 Å². The third-order valence-electron chi connectivity index (χ3n) is 3.92. The average molecular weight is 378 g/mol. The van der Waals surface area contributed by atoms with Gasteiger partial charge in [-0.3, -0.25) is 4.79 Å². The third-order valence-corrected chi connectivity index (χ3v) is 5.40. The first kappa shape index (κ1) is 20.9. The molecule has 0 aliphatic carbocycles. The van der Waals surface area contributed by atoms with Crippen LogP contribution in [0.2, 0.25) is 0 Å². The number of nitrogens with zero attached hydrogens (tertiary/aromatic N) is 1.